The predicted molar refractivity (Wildman–Crippen MR) is 58.1 cm³/mol. The van der Waals surface area contributed by atoms with Crippen LogP contribution in [0, 0.1) is 11.3 Å². The molecule has 0 aromatic carbocycles. The number of nitrogens with one attached hydrogen (secondary N) is 1. The van der Waals surface area contributed by atoms with E-state index in [0.29, 0.717) is 12.0 Å². The van der Waals surface area contributed by atoms with Crippen molar-refractivity contribution in [2.24, 2.45) is 22.4 Å². The normalized spacial score (nSPS) is 26.3. The highest BCUT2D eigenvalue weighted by molar-refractivity contribution is 5.91. The van der Waals surface area contributed by atoms with Crippen LogP contribution in [0.1, 0.15) is 26.7 Å². The lowest BCUT2D eigenvalue weighted by atomic mass is 10.1. The molecule has 14 heavy (non-hydrogen) atoms. The fourth-order valence-electron chi connectivity index (χ4n) is 1.98. The predicted octanol–water partition coefficient (Wildman–Crippen LogP) is 0.315. The SMILES string of the molecule is CCC1CC(C)CN1C(=N)N=C(N)N. The van der Waals surface area contributed by atoms with E-state index >= 15 is 0 Å². The molecular weight excluding hydrogens is 178 g/mol. The maximum atomic E-state index is 7.72. The van der Waals surface area contributed by atoms with Crippen LogP contribution < -0.4 is 11.5 Å². The summed E-state index contributed by atoms with van der Waals surface area (Å²) in [6.07, 6.45) is 2.16. The molecule has 0 radical (unpaired) electrons. The van der Waals surface area contributed by atoms with Crippen LogP contribution in [-0.4, -0.2) is 29.4 Å². The summed E-state index contributed by atoms with van der Waals surface area (Å²) in [5.41, 5.74) is 10.5. The molecule has 1 rings (SSSR count). The van der Waals surface area contributed by atoms with Gasteiger partial charge in [-0.25, -0.2) is 0 Å². The minimum Gasteiger partial charge on any atom is -0.370 e. The van der Waals surface area contributed by atoms with Gasteiger partial charge < -0.3 is 16.4 Å². The highest BCUT2D eigenvalue weighted by Gasteiger charge is 2.29. The van der Waals surface area contributed by atoms with Crippen molar-refractivity contribution in [2.45, 2.75) is 32.7 Å². The molecule has 0 bridgehead atoms. The average Bonchev–Trinajstić information content (AvgIpc) is 2.45. The number of hydrogen-bond donors (Lipinski definition) is 3. The van der Waals surface area contributed by atoms with E-state index in [4.69, 9.17) is 16.9 Å². The van der Waals surface area contributed by atoms with Gasteiger partial charge in [0.25, 0.3) is 0 Å². The highest BCUT2D eigenvalue weighted by atomic mass is 15.3. The standard InChI is InChI=1S/C9H19N5/c1-3-7-4-6(2)5-14(7)9(12)13-8(10)11/h6-7H,3-5H2,1-2H3,(H5,10,11,12,13). The van der Waals surface area contributed by atoms with Gasteiger partial charge in [-0.1, -0.05) is 13.8 Å². The summed E-state index contributed by atoms with van der Waals surface area (Å²) < 4.78 is 0. The van der Waals surface area contributed by atoms with E-state index in [-0.39, 0.29) is 11.9 Å². The third kappa shape index (κ3) is 2.37. The van der Waals surface area contributed by atoms with E-state index < -0.39 is 0 Å². The highest BCUT2D eigenvalue weighted by Crippen LogP contribution is 2.24. The third-order valence-corrected chi connectivity index (χ3v) is 2.60. The molecule has 1 aliphatic rings. The molecule has 2 unspecified atom stereocenters. The van der Waals surface area contributed by atoms with Gasteiger partial charge in [0.2, 0.25) is 5.96 Å². The van der Waals surface area contributed by atoms with Gasteiger partial charge in [-0.05, 0) is 18.8 Å². The molecule has 0 amide bonds. The van der Waals surface area contributed by atoms with Crippen molar-refractivity contribution in [1.29, 1.82) is 5.41 Å². The van der Waals surface area contributed by atoms with Crippen LogP contribution in [0.4, 0.5) is 0 Å². The average molecular weight is 197 g/mol. The van der Waals surface area contributed by atoms with Gasteiger partial charge in [-0.3, -0.25) is 5.41 Å². The van der Waals surface area contributed by atoms with E-state index in [0.717, 1.165) is 19.4 Å². The number of nitrogens with zero attached hydrogens (tertiary/aromatic N) is 2. The van der Waals surface area contributed by atoms with Gasteiger partial charge in [0.05, 0.1) is 0 Å². The Kier molecular flexibility index (Phi) is 3.33. The molecule has 80 valence electrons. The van der Waals surface area contributed by atoms with Crippen LogP contribution in [0.3, 0.4) is 0 Å². The van der Waals surface area contributed by atoms with Crippen molar-refractivity contribution >= 4 is 11.9 Å². The maximum absolute atomic E-state index is 7.72. The zero-order chi connectivity index (χ0) is 10.7. The summed E-state index contributed by atoms with van der Waals surface area (Å²) in [4.78, 5) is 5.75. The van der Waals surface area contributed by atoms with Gasteiger partial charge in [0, 0.05) is 12.6 Å². The smallest absolute Gasteiger partial charge is 0.221 e. The maximum Gasteiger partial charge on any atom is 0.221 e. The first-order valence-corrected chi connectivity index (χ1v) is 4.99. The second kappa shape index (κ2) is 4.30. The molecule has 5 nitrogen and oxygen atoms in total. The number of aliphatic imine (C=N–C) groups is 1. The lowest BCUT2D eigenvalue weighted by Gasteiger charge is -2.23. The van der Waals surface area contributed by atoms with E-state index in [2.05, 4.69) is 18.8 Å². The molecular formula is C9H19N5. The Hall–Kier alpha value is -1.26. The summed E-state index contributed by atoms with van der Waals surface area (Å²) >= 11 is 0. The number of rotatable bonds is 1. The first-order valence-electron chi connectivity index (χ1n) is 4.99. The van der Waals surface area contributed by atoms with Gasteiger partial charge in [-0.2, -0.15) is 4.99 Å². The Morgan fingerprint density at radius 3 is 2.71 bits per heavy atom. The first kappa shape index (κ1) is 10.8. The second-order valence-corrected chi connectivity index (χ2v) is 3.92. The van der Waals surface area contributed by atoms with Gasteiger partial charge in [0.1, 0.15) is 0 Å². The summed E-state index contributed by atoms with van der Waals surface area (Å²) in [6.45, 7) is 5.19. The van der Waals surface area contributed by atoms with Gasteiger partial charge in [0.15, 0.2) is 5.96 Å². The topological polar surface area (TPSA) is 91.5 Å². The van der Waals surface area contributed by atoms with Crippen molar-refractivity contribution in [3.8, 4) is 0 Å². The Morgan fingerprint density at radius 2 is 2.21 bits per heavy atom. The minimum absolute atomic E-state index is 0.0376. The Morgan fingerprint density at radius 1 is 1.57 bits per heavy atom. The Labute approximate surface area is 84.7 Å². The number of nitrogens with two attached hydrogens (primary N) is 2. The molecule has 1 saturated heterocycles. The molecule has 5 heteroatoms. The van der Waals surface area contributed by atoms with Crippen molar-refractivity contribution in [3.63, 3.8) is 0 Å². The Balaban J connectivity index is 2.67. The fraction of sp³-hybridized carbons (Fsp3) is 0.778. The lowest BCUT2D eigenvalue weighted by Crippen LogP contribution is -2.36. The van der Waals surface area contributed by atoms with Crippen molar-refractivity contribution in [1.82, 2.24) is 4.90 Å². The zero-order valence-corrected chi connectivity index (χ0v) is 8.83. The number of hydrogen-bond acceptors (Lipinski definition) is 1. The van der Waals surface area contributed by atoms with Crippen molar-refractivity contribution < 1.29 is 0 Å². The van der Waals surface area contributed by atoms with Crippen LogP contribution in [0.25, 0.3) is 0 Å². The zero-order valence-electron chi connectivity index (χ0n) is 8.83. The van der Waals surface area contributed by atoms with Gasteiger partial charge in [-0.15, -0.1) is 0 Å². The first-order chi connectivity index (χ1) is 6.54. The number of likely N-dealkylation sites (tertiary alicyclic amines) is 1. The molecule has 0 aliphatic carbocycles. The van der Waals surface area contributed by atoms with Crippen molar-refractivity contribution in [2.75, 3.05) is 6.54 Å². The van der Waals surface area contributed by atoms with Crippen LogP contribution in [-0.2, 0) is 0 Å². The quantitative estimate of drug-likeness (QED) is 0.417. The molecule has 0 saturated carbocycles. The lowest BCUT2D eigenvalue weighted by molar-refractivity contribution is 0.372. The molecule has 0 aromatic heterocycles. The molecule has 0 aromatic rings. The Bertz CT molecular complexity index is 244. The van der Waals surface area contributed by atoms with Crippen LogP contribution in [0.5, 0.6) is 0 Å². The largest absolute Gasteiger partial charge is 0.370 e. The van der Waals surface area contributed by atoms with E-state index in [1.54, 1.807) is 0 Å². The fourth-order valence-corrected chi connectivity index (χ4v) is 1.98. The molecule has 1 fully saturated rings. The second-order valence-electron chi connectivity index (χ2n) is 3.92. The van der Waals surface area contributed by atoms with E-state index in [9.17, 15) is 0 Å². The van der Waals surface area contributed by atoms with Crippen LogP contribution in [0.2, 0.25) is 0 Å². The number of guanidine groups is 2. The van der Waals surface area contributed by atoms with Crippen LogP contribution >= 0.6 is 0 Å². The van der Waals surface area contributed by atoms with Crippen molar-refractivity contribution in [3.05, 3.63) is 0 Å². The van der Waals surface area contributed by atoms with Crippen LogP contribution in [0.15, 0.2) is 4.99 Å². The molecule has 2 atom stereocenters. The summed E-state index contributed by atoms with van der Waals surface area (Å²) in [5.74, 6) is 0.778. The third-order valence-electron chi connectivity index (χ3n) is 2.60. The minimum atomic E-state index is -0.0376. The van der Waals surface area contributed by atoms with Gasteiger partial charge >= 0.3 is 0 Å². The summed E-state index contributed by atoms with van der Waals surface area (Å²) in [5, 5.41) is 7.72. The monoisotopic (exact) mass is 197 g/mol. The van der Waals surface area contributed by atoms with E-state index in [1.165, 1.54) is 0 Å². The van der Waals surface area contributed by atoms with E-state index in [1.807, 2.05) is 4.90 Å². The summed E-state index contributed by atoms with van der Waals surface area (Å²) in [7, 11) is 0. The summed E-state index contributed by atoms with van der Waals surface area (Å²) in [6, 6.07) is 0.417. The molecule has 1 heterocycles. The molecule has 0 spiro atoms. The molecule has 5 N–H and O–H groups in total. The molecule has 1 aliphatic heterocycles.